The average Bonchev–Trinajstić information content (AvgIpc) is 2.20. The number of rotatable bonds is 4. The lowest BCUT2D eigenvalue weighted by Gasteiger charge is -2.40. The summed E-state index contributed by atoms with van der Waals surface area (Å²) in [5.74, 6) is 0.751. The maximum Gasteiger partial charge on any atom is 0.222 e. The van der Waals surface area contributed by atoms with Crippen LogP contribution >= 0.6 is 11.8 Å². The standard InChI is InChI=1S/C11H17N3S/c1-9-6-12-10(13-7-9)14-8-11(15-2)4-3-5-11/h6-7H,3-5,8H2,1-2H3,(H,12,13,14). The van der Waals surface area contributed by atoms with Gasteiger partial charge in [0.15, 0.2) is 0 Å². The van der Waals surface area contributed by atoms with Gasteiger partial charge in [-0.1, -0.05) is 6.42 Å². The van der Waals surface area contributed by atoms with Crippen LogP contribution in [0.3, 0.4) is 0 Å². The Hall–Kier alpha value is -0.770. The van der Waals surface area contributed by atoms with Crippen molar-refractivity contribution in [2.75, 3.05) is 18.1 Å². The fourth-order valence-electron chi connectivity index (χ4n) is 1.75. The number of aryl methyl sites for hydroxylation is 1. The smallest absolute Gasteiger partial charge is 0.222 e. The van der Waals surface area contributed by atoms with Gasteiger partial charge in [-0.2, -0.15) is 11.8 Å². The van der Waals surface area contributed by atoms with Crippen molar-refractivity contribution in [1.29, 1.82) is 0 Å². The monoisotopic (exact) mass is 223 g/mol. The maximum absolute atomic E-state index is 4.24. The van der Waals surface area contributed by atoms with E-state index >= 15 is 0 Å². The second kappa shape index (κ2) is 4.39. The molecule has 82 valence electrons. The zero-order chi connectivity index (χ0) is 10.7. The summed E-state index contributed by atoms with van der Waals surface area (Å²) < 4.78 is 0.439. The van der Waals surface area contributed by atoms with Gasteiger partial charge in [0.2, 0.25) is 5.95 Å². The molecule has 0 bridgehead atoms. The van der Waals surface area contributed by atoms with Crippen molar-refractivity contribution in [1.82, 2.24) is 9.97 Å². The summed E-state index contributed by atoms with van der Waals surface area (Å²) >= 11 is 1.96. The van der Waals surface area contributed by atoms with Crippen LogP contribution in [0.2, 0.25) is 0 Å². The largest absolute Gasteiger partial charge is 0.353 e. The van der Waals surface area contributed by atoms with Crippen molar-refractivity contribution in [2.45, 2.75) is 30.9 Å². The molecule has 1 saturated carbocycles. The molecule has 3 nitrogen and oxygen atoms in total. The first-order valence-corrected chi connectivity index (χ1v) is 6.54. The van der Waals surface area contributed by atoms with Gasteiger partial charge >= 0.3 is 0 Å². The lowest BCUT2D eigenvalue weighted by atomic mass is 9.84. The molecule has 2 rings (SSSR count). The molecule has 0 saturated heterocycles. The first kappa shape index (κ1) is 10.7. The third kappa shape index (κ3) is 2.43. The summed E-state index contributed by atoms with van der Waals surface area (Å²) in [6.07, 6.45) is 9.87. The van der Waals surface area contributed by atoms with Crippen molar-refractivity contribution in [3.63, 3.8) is 0 Å². The highest BCUT2D eigenvalue weighted by atomic mass is 32.2. The summed E-state index contributed by atoms with van der Waals surface area (Å²) in [7, 11) is 0. The second-order valence-electron chi connectivity index (χ2n) is 4.18. The van der Waals surface area contributed by atoms with E-state index in [1.54, 1.807) is 0 Å². The van der Waals surface area contributed by atoms with Crippen molar-refractivity contribution in [3.05, 3.63) is 18.0 Å². The first-order chi connectivity index (χ1) is 7.24. The van der Waals surface area contributed by atoms with Gasteiger partial charge in [0, 0.05) is 23.7 Å². The van der Waals surface area contributed by atoms with Crippen LogP contribution in [0, 0.1) is 6.92 Å². The van der Waals surface area contributed by atoms with Crippen LogP contribution in [0.5, 0.6) is 0 Å². The average molecular weight is 223 g/mol. The minimum atomic E-state index is 0.439. The Morgan fingerprint density at radius 2 is 2.07 bits per heavy atom. The highest BCUT2D eigenvalue weighted by Crippen LogP contribution is 2.42. The SMILES string of the molecule is CSC1(CNc2ncc(C)cn2)CCC1. The molecule has 1 aromatic rings. The van der Waals surface area contributed by atoms with Crippen molar-refractivity contribution in [2.24, 2.45) is 0 Å². The van der Waals surface area contributed by atoms with Crippen LogP contribution in [-0.4, -0.2) is 27.5 Å². The van der Waals surface area contributed by atoms with Gasteiger partial charge in [0.1, 0.15) is 0 Å². The molecule has 15 heavy (non-hydrogen) atoms. The Labute approximate surface area is 95.1 Å². The van der Waals surface area contributed by atoms with Crippen molar-refractivity contribution < 1.29 is 0 Å². The number of nitrogens with zero attached hydrogens (tertiary/aromatic N) is 2. The quantitative estimate of drug-likeness (QED) is 0.851. The summed E-state index contributed by atoms with van der Waals surface area (Å²) in [6, 6.07) is 0. The van der Waals surface area contributed by atoms with Gasteiger partial charge in [0.25, 0.3) is 0 Å². The number of anilines is 1. The molecule has 0 aliphatic heterocycles. The van der Waals surface area contributed by atoms with Gasteiger partial charge in [-0.15, -0.1) is 0 Å². The molecule has 0 spiro atoms. The van der Waals surface area contributed by atoms with E-state index < -0.39 is 0 Å². The zero-order valence-corrected chi connectivity index (χ0v) is 10.1. The normalized spacial score (nSPS) is 18.3. The topological polar surface area (TPSA) is 37.8 Å². The van der Waals surface area contributed by atoms with E-state index in [4.69, 9.17) is 0 Å². The van der Waals surface area contributed by atoms with Gasteiger partial charge < -0.3 is 5.32 Å². The molecule has 1 aliphatic carbocycles. The first-order valence-electron chi connectivity index (χ1n) is 5.32. The fourth-order valence-corrected chi connectivity index (χ4v) is 2.66. The molecule has 0 amide bonds. The highest BCUT2D eigenvalue weighted by molar-refractivity contribution is 8.00. The molecule has 1 heterocycles. The van der Waals surface area contributed by atoms with E-state index in [9.17, 15) is 0 Å². The van der Waals surface area contributed by atoms with E-state index in [1.165, 1.54) is 19.3 Å². The maximum atomic E-state index is 4.24. The van der Waals surface area contributed by atoms with E-state index in [0.29, 0.717) is 4.75 Å². The Morgan fingerprint density at radius 1 is 1.40 bits per heavy atom. The van der Waals surface area contributed by atoms with Gasteiger partial charge in [-0.05, 0) is 31.6 Å². The number of nitrogens with one attached hydrogen (secondary N) is 1. The van der Waals surface area contributed by atoms with Gasteiger partial charge in [0.05, 0.1) is 0 Å². The fraction of sp³-hybridized carbons (Fsp3) is 0.636. The number of thioether (sulfide) groups is 1. The summed E-state index contributed by atoms with van der Waals surface area (Å²) in [5.41, 5.74) is 1.10. The third-order valence-electron chi connectivity index (χ3n) is 3.05. The highest BCUT2D eigenvalue weighted by Gasteiger charge is 2.35. The Balaban J connectivity index is 1.90. The van der Waals surface area contributed by atoms with Crippen LogP contribution in [0.4, 0.5) is 5.95 Å². The molecule has 0 atom stereocenters. The van der Waals surface area contributed by atoms with E-state index in [-0.39, 0.29) is 0 Å². The molecule has 1 aromatic heterocycles. The molecule has 4 heteroatoms. The zero-order valence-electron chi connectivity index (χ0n) is 9.29. The van der Waals surface area contributed by atoms with Crippen LogP contribution < -0.4 is 5.32 Å². The minimum Gasteiger partial charge on any atom is -0.353 e. The van der Waals surface area contributed by atoms with Crippen LogP contribution in [-0.2, 0) is 0 Å². The number of hydrogen-bond acceptors (Lipinski definition) is 4. The van der Waals surface area contributed by atoms with Crippen molar-refractivity contribution >= 4 is 17.7 Å². The summed E-state index contributed by atoms with van der Waals surface area (Å²) in [6.45, 7) is 2.98. The Kier molecular flexibility index (Phi) is 3.14. The summed E-state index contributed by atoms with van der Waals surface area (Å²) in [4.78, 5) is 8.49. The van der Waals surface area contributed by atoms with Gasteiger partial charge in [-0.3, -0.25) is 0 Å². The predicted octanol–water partition coefficient (Wildman–Crippen LogP) is 2.48. The molecule has 0 aromatic carbocycles. The molecular formula is C11H17N3S. The molecule has 1 N–H and O–H groups in total. The molecular weight excluding hydrogens is 206 g/mol. The molecule has 1 aliphatic rings. The van der Waals surface area contributed by atoms with Crippen LogP contribution in [0.1, 0.15) is 24.8 Å². The lowest BCUT2D eigenvalue weighted by Crippen LogP contribution is -2.40. The van der Waals surface area contributed by atoms with Crippen molar-refractivity contribution in [3.8, 4) is 0 Å². The van der Waals surface area contributed by atoms with E-state index in [0.717, 1.165) is 18.1 Å². The van der Waals surface area contributed by atoms with Crippen LogP contribution in [0.25, 0.3) is 0 Å². The Morgan fingerprint density at radius 3 is 2.53 bits per heavy atom. The molecule has 0 unspecified atom stereocenters. The van der Waals surface area contributed by atoms with E-state index in [2.05, 4.69) is 21.5 Å². The Bertz CT molecular complexity index is 314. The molecule has 1 fully saturated rings. The number of hydrogen-bond donors (Lipinski definition) is 1. The predicted molar refractivity (Wildman–Crippen MR) is 65.4 cm³/mol. The van der Waals surface area contributed by atoms with Crippen LogP contribution in [0.15, 0.2) is 12.4 Å². The number of aromatic nitrogens is 2. The third-order valence-corrected chi connectivity index (χ3v) is 4.47. The van der Waals surface area contributed by atoms with Gasteiger partial charge in [-0.25, -0.2) is 9.97 Å². The molecule has 0 radical (unpaired) electrons. The summed E-state index contributed by atoms with van der Waals surface area (Å²) in [5, 5.41) is 3.32. The second-order valence-corrected chi connectivity index (χ2v) is 5.45. The minimum absolute atomic E-state index is 0.439. The van der Waals surface area contributed by atoms with E-state index in [1.807, 2.05) is 31.1 Å². The lowest BCUT2D eigenvalue weighted by molar-refractivity contribution is 0.379.